The number of aromatic nitrogens is 2. The lowest BCUT2D eigenvalue weighted by Crippen LogP contribution is -2.04. The van der Waals surface area contributed by atoms with Gasteiger partial charge in [-0.05, 0) is 18.2 Å². The Kier molecular flexibility index (Phi) is 3.85. The molecular formula is C19H17N3O3. The topological polar surface area (TPSA) is 69.4 Å². The van der Waals surface area contributed by atoms with Gasteiger partial charge in [-0.1, -0.05) is 24.3 Å². The lowest BCUT2D eigenvalue weighted by atomic mass is 10.2. The predicted octanol–water partition coefficient (Wildman–Crippen LogP) is 4.01. The van der Waals surface area contributed by atoms with Gasteiger partial charge in [0.05, 0.1) is 14.2 Å². The highest BCUT2D eigenvalue weighted by Gasteiger charge is 2.14. The van der Waals surface area contributed by atoms with E-state index in [0.29, 0.717) is 29.4 Å². The minimum absolute atomic E-state index is 0.517. The van der Waals surface area contributed by atoms with Gasteiger partial charge < -0.3 is 19.2 Å². The van der Waals surface area contributed by atoms with Crippen molar-refractivity contribution >= 4 is 27.9 Å². The van der Waals surface area contributed by atoms with E-state index in [-0.39, 0.29) is 0 Å². The molecule has 0 aliphatic carbocycles. The van der Waals surface area contributed by atoms with Gasteiger partial charge in [0, 0.05) is 17.5 Å². The van der Waals surface area contributed by atoms with E-state index in [1.54, 1.807) is 14.2 Å². The maximum absolute atomic E-state index is 5.93. The molecule has 0 fully saturated rings. The number of furan rings is 1. The summed E-state index contributed by atoms with van der Waals surface area (Å²) in [5, 5.41) is 4.28. The lowest BCUT2D eigenvalue weighted by Gasteiger charge is -2.13. The van der Waals surface area contributed by atoms with E-state index >= 15 is 0 Å². The van der Waals surface area contributed by atoms with Crippen LogP contribution in [-0.4, -0.2) is 24.2 Å². The fourth-order valence-corrected chi connectivity index (χ4v) is 2.92. The van der Waals surface area contributed by atoms with Gasteiger partial charge in [-0.2, -0.15) is 0 Å². The van der Waals surface area contributed by atoms with Crippen LogP contribution in [-0.2, 0) is 6.54 Å². The zero-order chi connectivity index (χ0) is 17.2. The third kappa shape index (κ3) is 2.61. The van der Waals surface area contributed by atoms with E-state index in [1.807, 2.05) is 42.5 Å². The number of hydrogen-bond donors (Lipinski definition) is 1. The molecule has 0 unspecified atom stereocenters. The minimum atomic E-state index is 0.517. The molecule has 0 atom stereocenters. The zero-order valence-electron chi connectivity index (χ0n) is 13.9. The Morgan fingerprint density at radius 3 is 2.72 bits per heavy atom. The summed E-state index contributed by atoms with van der Waals surface area (Å²) >= 11 is 0. The van der Waals surface area contributed by atoms with Crippen LogP contribution in [0, 0.1) is 0 Å². The third-order valence-electron chi connectivity index (χ3n) is 4.09. The molecule has 4 aromatic rings. The normalized spacial score (nSPS) is 11.0. The molecule has 0 aliphatic rings. The van der Waals surface area contributed by atoms with Crippen LogP contribution in [0.5, 0.6) is 11.5 Å². The van der Waals surface area contributed by atoms with Crippen molar-refractivity contribution in [3.05, 3.63) is 54.4 Å². The molecule has 0 saturated heterocycles. The van der Waals surface area contributed by atoms with Crippen LogP contribution in [0.1, 0.15) is 5.56 Å². The first-order valence-electron chi connectivity index (χ1n) is 7.88. The predicted molar refractivity (Wildman–Crippen MR) is 96.2 cm³/mol. The summed E-state index contributed by atoms with van der Waals surface area (Å²) in [6.45, 7) is 0.517. The van der Waals surface area contributed by atoms with Gasteiger partial charge in [-0.25, -0.2) is 9.97 Å². The number of methoxy groups -OCH3 is 2. The average Bonchev–Trinajstić information content (AvgIpc) is 3.05. The summed E-state index contributed by atoms with van der Waals surface area (Å²) in [4.78, 5) is 8.68. The molecule has 126 valence electrons. The second kappa shape index (κ2) is 6.32. The van der Waals surface area contributed by atoms with Crippen molar-refractivity contribution in [2.45, 2.75) is 6.54 Å². The Balaban J connectivity index is 1.70. The first kappa shape index (κ1) is 15.3. The first-order valence-corrected chi connectivity index (χ1v) is 7.88. The van der Waals surface area contributed by atoms with E-state index in [4.69, 9.17) is 13.9 Å². The van der Waals surface area contributed by atoms with Gasteiger partial charge in [-0.15, -0.1) is 0 Å². The van der Waals surface area contributed by atoms with Crippen LogP contribution in [0.4, 0.5) is 5.82 Å². The summed E-state index contributed by atoms with van der Waals surface area (Å²) in [6, 6.07) is 13.6. The second-order valence-corrected chi connectivity index (χ2v) is 5.50. The number of anilines is 1. The fraction of sp³-hybridized carbons (Fsp3) is 0.158. The molecule has 0 bridgehead atoms. The van der Waals surface area contributed by atoms with Crippen LogP contribution >= 0.6 is 0 Å². The Morgan fingerprint density at radius 1 is 1.00 bits per heavy atom. The van der Waals surface area contributed by atoms with Crippen molar-refractivity contribution in [3.8, 4) is 11.5 Å². The third-order valence-corrected chi connectivity index (χ3v) is 4.09. The Labute approximate surface area is 144 Å². The summed E-state index contributed by atoms with van der Waals surface area (Å²) in [5.74, 6) is 2.04. The number of nitrogens with zero attached hydrogens (tertiary/aromatic N) is 2. The van der Waals surface area contributed by atoms with Gasteiger partial charge in [0.25, 0.3) is 0 Å². The number of ether oxygens (including phenoxy) is 2. The number of para-hydroxylation sites is 2. The lowest BCUT2D eigenvalue weighted by molar-refractivity contribution is 0.352. The van der Waals surface area contributed by atoms with Crippen molar-refractivity contribution in [2.75, 3.05) is 19.5 Å². The number of benzene rings is 2. The number of fused-ring (bicyclic) bond motifs is 3. The summed E-state index contributed by atoms with van der Waals surface area (Å²) in [5.41, 5.74) is 3.20. The van der Waals surface area contributed by atoms with Crippen LogP contribution < -0.4 is 14.8 Å². The van der Waals surface area contributed by atoms with Crippen molar-refractivity contribution < 1.29 is 13.9 Å². The molecule has 0 spiro atoms. The number of nitrogens with one attached hydrogen (secondary N) is 1. The molecule has 2 aromatic carbocycles. The monoisotopic (exact) mass is 335 g/mol. The molecule has 0 saturated carbocycles. The van der Waals surface area contributed by atoms with Crippen molar-refractivity contribution in [1.82, 2.24) is 9.97 Å². The van der Waals surface area contributed by atoms with E-state index < -0.39 is 0 Å². The highest BCUT2D eigenvalue weighted by molar-refractivity contribution is 6.05. The van der Waals surface area contributed by atoms with Gasteiger partial charge in [-0.3, -0.25) is 0 Å². The van der Waals surface area contributed by atoms with Crippen LogP contribution in [0.15, 0.2) is 53.2 Å². The molecule has 6 heteroatoms. The van der Waals surface area contributed by atoms with E-state index in [9.17, 15) is 0 Å². The molecule has 0 radical (unpaired) electrons. The molecular weight excluding hydrogens is 318 g/mol. The molecule has 0 amide bonds. The molecule has 25 heavy (non-hydrogen) atoms. The Bertz CT molecular complexity index is 1040. The average molecular weight is 335 g/mol. The fourth-order valence-electron chi connectivity index (χ4n) is 2.92. The SMILES string of the molecule is COc1cccc(CNc2ncnc3c2oc2ccccc23)c1OC. The van der Waals surface area contributed by atoms with Crippen molar-refractivity contribution in [2.24, 2.45) is 0 Å². The highest BCUT2D eigenvalue weighted by atomic mass is 16.5. The van der Waals surface area contributed by atoms with E-state index in [0.717, 1.165) is 22.0 Å². The number of rotatable bonds is 5. The van der Waals surface area contributed by atoms with Gasteiger partial charge in [0.15, 0.2) is 22.9 Å². The van der Waals surface area contributed by atoms with Gasteiger partial charge in [0.1, 0.15) is 17.4 Å². The van der Waals surface area contributed by atoms with E-state index in [1.165, 1.54) is 6.33 Å². The Hall–Kier alpha value is -3.28. The summed E-state index contributed by atoms with van der Waals surface area (Å²) in [7, 11) is 3.25. The summed E-state index contributed by atoms with van der Waals surface area (Å²) < 4.78 is 16.7. The molecule has 1 N–H and O–H groups in total. The molecule has 2 heterocycles. The van der Waals surface area contributed by atoms with E-state index in [2.05, 4.69) is 15.3 Å². The highest BCUT2D eigenvalue weighted by Crippen LogP contribution is 2.33. The van der Waals surface area contributed by atoms with Gasteiger partial charge in [0.2, 0.25) is 0 Å². The molecule has 6 nitrogen and oxygen atoms in total. The molecule has 4 rings (SSSR count). The molecule has 2 aromatic heterocycles. The van der Waals surface area contributed by atoms with Crippen molar-refractivity contribution in [1.29, 1.82) is 0 Å². The first-order chi connectivity index (χ1) is 12.3. The van der Waals surface area contributed by atoms with Crippen molar-refractivity contribution in [3.63, 3.8) is 0 Å². The number of hydrogen-bond acceptors (Lipinski definition) is 6. The minimum Gasteiger partial charge on any atom is -0.493 e. The maximum Gasteiger partial charge on any atom is 0.196 e. The standard InChI is InChI=1S/C19H17N3O3/c1-23-15-9-5-6-12(17(15)24-2)10-20-19-18-16(21-11-22-19)13-7-3-4-8-14(13)25-18/h3-9,11H,10H2,1-2H3,(H,20,21,22). The summed E-state index contributed by atoms with van der Waals surface area (Å²) in [6.07, 6.45) is 1.54. The maximum atomic E-state index is 5.93. The smallest absolute Gasteiger partial charge is 0.196 e. The van der Waals surface area contributed by atoms with Crippen LogP contribution in [0.3, 0.4) is 0 Å². The van der Waals surface area contributed by atoms with Crippen LogP contribution in [0.2, 0.25) is 0 Å². The quantitative estimate of drug-likeness (QED) is 0.594. The van der Waals surface area contributed by atoms with Gasteiger partial charge >= 0.3 is 0 Å². The molecule has 0 aliphatic heterocycles. The largest absolute Gasteiger partial charge is 0.493 e. The second-order valence-electron chi connectivity index (χ2n) is 5.50. The Morgan fingerprint density at radius 2 is 1.88 bits per heavy atom. The van der Waals surface area contributed by atoms with Crippen LogP contribution in [0.25, 0.3) is 22.1 Å². The zero-order valence-corrected chi connectivity index (χ0v) is 13.9.